The second-order valence-corrected chi connectivity index (χ2v) is 24.4. The zero-order valence-electron chi connectivity index (χ0n) is 57.2. The van der Waals surface area contributed by atoms with Crippen LogP contribution < -0.4 is 40.2 Å². The standard InChI is InChI=1S/C70H88N4O22S2/c1-13-23-83-57-45-19-17-20-46(57)28-50-32-54(72-70(98)74-68-66(94-44(12)82)64(92-42(10)80)62(90-40(8)78)56(96-68)36-88-38(6)76)34-52(60(50)86-26-16-4)30-48-22-18-21-47(58(48)84-24-14-2)29-51-33-53(31-49(27-45)59(51)85-25-15-3)71-69(97)73-67-65(93-43(11)81)63(91-41(9)79)61(89-39(7)77)55(95-67)35-87-37(5)75/h17-22,31-34,55-56,61-68H,13-16,23-30,35-36H2,1-12H3,(H2,71,73,97)(H2,72,74,98)/t55-,56-,61-,62-,63+,64+,65-,66-,67-,68-/m1/s1. The minimum atomic E-state index is -1.46. The molecule has 0 radical (unpaired) electrons. The molecule has 28 heteroatoms. The summed E-state index contributed by atoms with van der Waals surface area (Å²) < 4.78 is 84.7. The lowest BCUT2D eigenvalue weighted by Gasteiger charge is -2.44. The highest BCUT2D eigenvalue weighted by atomic mass is 32.1. The monoisotopic (exact) mass is 1400 g/mol. The van der Waals surface area contributed by atoms with Crippen molar-refractivity contribution in [1.29, 1.82) is 0 Å². The van der Waals surface area contributed by atoms with E-state index in [2.05, 4.69) is 21.3 Å². The van der Waals surface area contributed by atoms with E-state index in [1.807, 2.05) is 88.4 Å². The SMILES string of the molecule is CCCOc1c2cccc1Cc1cc(NC(=S)N[C@@H]3O[C@H](COC(C)=O)[C@@H](OC(C)=O)[C@H](OC(C)=O)[C@H]3OC(C)=O)cc(c1OCCC)Cc1cccc(c1OCCC)Cc1cc(NC(=S)N[C@@H]3O[C@H](COC(C)=O)[C@@H](OC(C)=O)[C@H](OC(C)=O)[C@H]3OC(C)=O)cc(c1OCCC)C2. The number of anilines is 2. The first-order valence-electron chi connectivity index (χ1n) is 32.6. The normalized spacial score (nSPS) is 20.8. The average molecular weight is 1400 g/mol. The minimum Gasteiger partial charge on any atom is -0.493 e. The van der Waals surface area contributed by atoms with E-state index in [9.17, 15) is 38.4 Å². The topological polar surface area (TPSA) is 314 Å². The summed E-state index contributed by atoms with van der Waals surface area (Å²) in [5.41, 5.74) is 7.18. The maximum Gasteiger partial charge on any atom is 0.303 e. The number of thiocarbonyl (C=S) groups is 2. The van der Waals surface area contributed by atoms with Crippen LogP contribution in [0.3, 0.4) is 0 Å². The van der Waals surface area contributed by atoms with Crippen LogP contribution in [0.5, 0.6) is 23.0 Å². The Balaban J connectivity index is 1.37. The second-order valence-electron chi connectivity index (χ2n) is 23.6. The third kappa shape index (κ3) is 21.6. The van der Waals surface area contributed by atoms with Gasteiger partial charge in [0.15, 0.2) is 59.3 Å². The van der Waals surface area contributed by atoms with Crippen LogP contribution >= 0.6 is 24.4 Å². The molecule has 4 aromatic rings. The fraction of sp³-hybridized carbons (Fsp3) is 0.514. The molecule has 2 saturated heterocycles. The summed E-state index contributed by atoms with van der Waals surface area (Å²) in [6, 6.07) is 19.5. The van der Waals surface area contributed by atoms with Gasteiger partial charge >= 0.3 is 47.8 Å². The van der Waals surface area contributed by atoms with Gasteiger partial charge in [-0.25, -0.2) is 0 Å². The van der Waals surface area contributed by atoms with Gasteiger partial charge < -0.3 is 87.6 Å². The quantitative estimate of drug-likeness (QED) is 0.0230. The van der Waals surface area contributed by atoms with Crippen LogP contribution in [-0.4, -0.2) is 159 Å². The molecule has 2 aliphatic heterocycles. The van der Waals surface area contributed by atoms with Crippen molar-refractivity contribution in [2.45, 2.75) is 196 Å². The van der Waals surface area contributed by atoms with Crippen LogP contribution in [0.15, 0.2) is 60.7 Å². The third-order valence-corrected chi connectivity index (χ3v) is 15.7. The molecule has 0 saturated carbocycles. The van der Waals surface area contributed by atoms with Crippen molar-refractivity contribution >= 4 is 93.8 Å². The highest BCUT2D eigenvalue weighted by Gasteiger charge is 2.54. The number of hydrogen-bond donors (Lipinski definition) is 4. The van der Waals surface area contributed by atoms with E-state index in [4.69, 9.17) is 90.8 Å². The number of para-hydroxylation sites is 2. The molecule has 98 heavy (non-hydrogen) atoms. The highest BCUT2D eigenvalue weighted by Crippen LogP contribution is 2.42. The summed E-state index contributed by atoms with van der Waals surface area (Å²) in [5, 5.41) is 12.7. The molecule has 0 amide bonds. The Morgan fingerprint density at radius 3 is 0.888 bits per heavy atom. The van der Waals surface area contributed by atoms with E-state index in [0.29, 0.717) is 86.5 Å². The third-order valence-electron chi connectivity index (χ3n) is 15.2. The fourth-order valence-electron chi connectivity index (χ4n) is 11.7. The maximum absolute atomic E-state index is 12.8. The summed E-state index contributed by atoms with van der Waals surface area (Å²) in [6.07, 6.45) is -10.1. The van der Waals surface area contributed by atoms with Gasteiger partial charge in [0.2, 0.25) is 0 Å². The second kappa shape index (κ2) is 36.6. The first kappa shape index (κ1) is 76.5. The molecule has 532 valence electrons. The number of rotatable bonds is 26. The Kier molecular flexibility index (Phi) is 28.6. The average Bonchev–Trinajstić information content (AvgIpc) is 0.796. The number of nitrogens with one attached hydrogen (secondary N) is 4. The van der Waals surface area contributed by atoms with Crippen LogP contribution in [0.2, 0.25) is 0 Å². The number of hydrogen-bond acceptors (Lipinski definition) is 24. The predicted molar refractivity (Wildman–Crippen MR) is 363 cm³/mol. The molecule has 2 fully saturated rings. The lowest BCUT2D eigenvalue weighted by molar-refractivity contribution is -0.254. The molecule has 2 heterocycles. The first-order chi connectivity index (χ1) is 46.8. The van der Waals surface area contributed by atoms with Crippen LogP contribution in [0.1, 0.15) is 153 Å². The highest BCUT2D eigenvalue weighted by molar-refractivity contribution is 7.80. The smallest absolute Gasteiger partial charge is 0.303 e. The molecular formula is C70H88N4O22S2. The minimum absolute atomic E-state index is 0.0385. The van der Waals surface area contributed by atoms with Gasteiger partial charge in [0, 0.05) is 115 Å². The van der Waals surface area contributed by atoms with Crippen molar-refractivity contribution in [2.75, 3.05) is 50.3 Å². The van der Waals surface area contributed by atoms with Gasteiger partial charge in [0.1, 0.15) is 48.4 Å². The van der Waals surface area contributed by atoms with Gasteiger partial charge in [0.25, 0.3) is 0 Å². The summed E-state index contributed by atoms with van der Waals surface area (Å²) in [4.78, 5) is 100. The number of ether oxygens (including phenoxy) is 14. The van der Waals surface area contributed by atoms with Gasteiger partial charge in [-0.05, 0) is 96.6 Å². The summed E-state index contributed by atoms with van der Waals surface area (Å²) in [5.74, 6) is -3.59. The molecule has 0 unspecified atom stereocenters. The molecule has 0 spiro atoms. The van der Waals surface area contributed by atoms with Gasteiger partial charge in [-0.2, -0.15) is 0 Å². The van der Waals surface area contributed by atoms with Crippen molar-refractivity contribution in [2.24, 2.45) is 0 Å². The lowest BCUT2D eigenvalue weighted by Crippen LogP contribution is -2.66. The molecule has 26 nitrogen and oxygen atoms in total. The predicted octanol–water partition coefficient (Wildman–Crippen LogP) is 8.26. The molecule has 7 rings (SSSR count). The van der Waals surface area contributed by atoms with Crippen molar-refractivity contribution in [1.82, 2.24) is 10.6 Å². The van der Waals surface area contributed by atoms with Crippen LogP contribution in [0.4, 0.5) is 11.4 Å². The Morgan fingerprint density at radius 1 is 0.378 bits per heavy atom. The molecule has 0 aromatic heterocycles. The van der Waals surface area contributed by atoms with Crippen molar-refractivity contribution < 1.29 is 105 Å². The van der Waals surface area contributed by atoms with Crippen molar-refractivity contribution in [3.05, 3.63) is 105 Å². The molecular weight excluding hydrogens is 1310 g/mol. The van der Waals surface area contributed by atoms with E-state index in [1.165, 1.54) is 13.8 Å². The van der Waals surface area contributed by atoms with Gasteiger partial charge in [0.05, 0.1) is 26.4 Å². The van der Waals surface area contributed by atoms with Gasteiger partial charge in [-0.1, -0.05) is 64.1 Å². The van der Waals surface area contributed by atoms with E-state index in [-0.39, 0.29) is 35.9 Å². The first-order valence-corrected chi connectivity index (χ1v) is 33.4. The Morgan fingerprint density at radius 2 is 0.633 bits per heavy atom. The van der Waals surface area contributed by atoms with Crippen LogP contribution in [-0.2, 0) is 111 Å². The number of benzene rings is 4. The van der Waals surface area contributed by atoms with E-state index in [1.54, 1.807) is 0 Å². The zero-order valence-corrected chi connectivity index (χ0v) is 58.9. The summed E-state index contributed by atoms with van der Waals surface area (Å²) >= 11 is 12.1. The Bertz CT molecular complexity index is 3230. The molecule has 8 bridgehead atoms. The number of carbonyl (C=O) groups is 8. The molecule has 4 aromatic carbocycles. The number of esters is 8. The van der Waals surface area contributed by atoms with Gasteiger partial charge in [-0.3, -0.25) is 38.4 Å². The summed E-state index contributed by atoms with van der Waals surface area (Å²) in [6.45, 7) is 17.8. The zero-order chi connectivity index (χ0) is 71.3. The van der Waals surface area contributed by atoms with E-state index < -0.39 is 122 Å². The Hall–Kier alpha value is -8.86. The number of fused-ring (bicyclic) bond motifs is 8. The van der Waals surface area contributed by atoms with E-state index in [0.717, 1.165) is 86.1 Å². The fourth-order valence-corrected chi connectivity index (χ4v) is 12.1. The number of carbonyl (C=O) groups excluding carboxylic acids is 8. The van der Waals surface area contributed by atoms with Gasteiger partial charge in [-0.15, -0.1) is 0 Å². The maximum atomic E-state index is 12.8. The van der Waals surface area contributed by atoms with Crippen molar-refractivity contribution in [3.8, 4) is 23.0 Å². The molecule has 3 aliphatic rings. The van der Waals surface area contributed by atoms with Crippen molar-refractivity contribution in [3.63, 3.8) is 0 Å². The lowest BCUT2D eigenvalue weighted by atomic mass is 9.90. The van der Waals surface area contributed by atoms with Crippen LogP contribution in [0.25, 0.3) is 0 Å². The summed E-state index contributed by atoms with van der Waals surface area (Å²) in [7, 11) is 0. The molecule has 10 atom stereocenters. The largest absolute Gasteiger partial charge is 0.493 e. The molecule has 1 aliphatic carbocycles. The van der Waals surface area contributed by atoms with Crippen LogP contribution in [0, 0.1) is 0 Å². The Labute approximate surface area is 580 Å². The van der Waals surface area contributed by atoms with E-state index >= 15 is 0 Å². The molecule has 4 N–H and O–H groups in total.